The third kappa shape index (κ3) is 2.93. The van der Waals surface area contributed by atoms with Crippen molar-refractivity contribution in [3.05, 3.63) is 57.8 Å². The van der Waals surface area contributed by atoms with E-state index in [0.717, 1.165) is 15.0 Å². The molecule has 4 rings (SSSR count). The minimum atomic E-state index is -0.969. The van der Waals surface area contributed by atoms with Crippen LogP contribution in [0, 0.1) is 15.2 Å². The van der Waals surface area contributed by atoms with Crippen LogP contribution in [0.2, 0.25) is 0 Å². The molecule has 0 aliphatic carbocycles. The van der Waals surface area contributed by atoms with Gasteiger partial charge >= 0.3 is 0 Å². The summed E-state index contributed by atoms with van der Waals surface area (Å²) in [6.07, 6.45) is 5.62. The van der Waals surface area contributed by atoms with Crippen LogP contribution >= 0.6 is 22.6 Å². The highest BCUT2D eigenvalue weighted by atomic mass is 127. The third-order valence-electron chi connectivity index (χ3n) is 4.35. The first-order chi connectivity index (χ1) is 13.0. The summed E-state index contributed by atoms with van der Waals surface area (Å²) in [7, 11) is 0. The molecule has 0 bridgehead atoms. The van der Waals surface area contributed by atoms with E-state index in [1.807, 2.05) is 17.7 Å². The van der Waals surface area contributed by atoms with Gasteiger partial charge < -0.3 is 10.3 Å². The lowest BCUT2D eigenvalue weighted by Crippen LogP contribution is -2.10. The van der Waals surface area contributed by atoms with Gasteiger partial charge in [-0.1, -0.05) is 18.2 Å². The Hall–Kier alpha value is -2.63. The van der Waals surface area contributed by atoms with E-state index in [-0.39, 0.29) is 11.7 Å². The molecule has 7 nitrogen and oxygen atoms in total. The molecule has 4 aromatic rings. The van der Waals surface area contributed by atoms with Crippen molar-refractivity contribution in [2.75, 3.05) is 5.73 Å². The van der Waals surface area contributed by atoms with E-state index in [1.54, 1.807) is 6.20 Å². The highest BCUT2D eigenvalue weighted by Crippen LogP contribution is 2.31. The number of nitrogens with zero attached hydrogens (tertiary/aromatic N) is 6. The van der Waals surface area contributed by atoms with Crippen LogP contribution in [0.4, 0.5) is 14.6 Å². The van der Waals surface area contributed by atoms with E-state index in [0.29, 0.717) is 23.6 Å². The predicted molar refractivity (Wildman–Crippen MR) is 104 cm³/mol. The van der Waals surface area contributed by atoms with Gasteiger partial charge in [0.1, 0.15) is 29.2 Å². The normalized spacial score (nSPS) is 12.6. The highest BCUT2D eigenvalue weighted by Gasteiger charge is 2.22. The van der Waals surface area contributed by atoms with E-state index < -0.39 is 11.6 Å². The fourth-order valence-electron chi connectivity index (χ4n) is 3.06. The Morgan fingerprint density at radius 2 is 2.04 bits per heavy atom. The molecule has 2 N–H and O–H groups in total. The largest absolute Gasteiger partial charge is 0.383 e. The zero-order valence-electron chi connectivity index (χ0n) is 14.1. The lowest BCUT2D eigenvalue weighted by molar-refractivity contribution is 0.500. The Balaban J connectivity index is 1.80. The van der Waals surface area contributed by atoms with Crippen LogP contribution in [-0.2, 0) is 0 Å². The Kier molecular flexibility index (Phi) is 4.50. The van der Waals surface area contributed by atoms with E-state index in [4.69, 9.17) is 5.73 Å². The van der Waals surface area contributed by atoms with Gasteiger partial charge in [-0.25, -0.2) is 23.4 Å². The van der Waals surface area contributed by atoms with Crippen molar-refractivity contribution < 1.29 is 8.78 Å². The molecule has 138 valence electrons. The number of benzene rings is 1. The molecule has 1 atom stereocenters. The van der Waals surface area contributed by atoms with Crippen molar-refractivity contribution in [1.29, 1.82) is 0 Å². The molecule has 1 unspecified atom stereocenters. The summed E-state index contributed by atoms with van der Waals surface area (Å²) in [6, 6.07) is 3.73. The molecule has 3 aromatic heterocycles. The summed E-state index contributed by atoms with van der Waals surface area (Å²) < 4.78 is 31.7. The van der Waals surface area contributed by atoms with E-state index in [1.165, 1.54) is 23.1 Å². The standard InChI is InChI=1S/C17H14F2IN7/c1-2-12(26-6-10(20)14-16(21)22-8-23-17(14)26)11-7-27(25-24-11)13-5-3-4-9(18)15(13)19/h3-8,12H,2H2,1H3,(H2,21,22,23). The lowest BCUT2D eigenvalue weighted by Gasteiger charge is -2.15. The van der Waals surface area contributed by atoms with Crippen LogP contribution in [0.25, 0.3) is 16.7 Å². The molecule has 0 amide bonds. The summed E-state index contributed by atoms with van der Waals surface area (Å²) in [5.74, 6) is -1.50. The van der Waals surface area contributed by atoms with Crippen molar-refractivity contribution in [1.82, 2.24) is 29.5 Å². The summed E-state index contributed by atoms with van der Waals surface area (Å²) in [4.78, 5) is 8.39. The van der Waals surface area contributed by atoms with Crippen molar-refractivity contribution in [3.63, 3.8) is 0 Å². The highest BCUT2D eigenvalue weighted by molar-refractivity contribution is 14.1. The minimum absolute atomic E-state index is 0.00196. The number of anilines is 1. The van der Waals surface area contributed by atoms with Crippen molar-refractivity contribution in [3.8, 4) is 5.69 Å². The zero-order valence-corrected chi connectivity index (χ0v) is 16.3. The van der Waals surface area contributed by atoms with Gasteiger partial charge in [0.2, 0.25) is 0 Å². The first kappa shape index (κ1) is 17.8. The van der Waals surface area contributed by atoms with Gasteiger partial charge in [-0.15, -0.1) is 5.10 Å². The van der Waals surface area contributed by atoms with Crippen LogP contribution in [0.15, 0.2) is 36.9 Å². The van der Waals surface area contributed by atoms with Gasteiger partial charge in [0.05, 0.1) is 17.6 Å². The molecule has 0 spiro atoms. The fourth-order valence-corrected chi connectivity index (χ4v) is 3.88. The Labute approximate surface area is 166 Å². The molecule has 0 aliphatic heterocycles. The molecule has 1 aromatic carbocycles. The van der Waals surface area contributed by atoms with Crippen molar-refractivity contribution in [2.45, 2.75) is 19.4 Å². The molecule has 0 saturated carbocycles. The molecule has 0 saturated heterocycles. The topological polar surface area (TPSA) is 87.4 Å². The second-order valence-electron chi connectivity index (χ2n) is 5.93. The second-order valence-corrected chi connectivity index (χ2v) is 7.09. The first-order valence-corrected chi connectivity index (χ1v) is 9.22. The fraction of sp³-hybridized carbons (Fsp3) is 0.176. The quantitative estimate of drug-likeness (QED) is 0.452. The molecule has 10 heteroatoms. The van der Waals surface area contributed by atoms with Crippen molar-refractivity contribution >= 4 is 39.4 Å². The summed E-state index contributed by atoms with van der Waals surface area (Å²) in [5.41, 5.74) is 7.27. The minimum Gasteiger partial charge on any atom is -0.383 e. The monoisotopic (exact) mass is 481 g/mol. The number of hydrogen-bond donors (Lipinski definition) is 1. The number of hydrogen-bond acceptors (Lipinski definition) is 5. The number of rotatable bonds is 4. The molecule has 0 radical (unpaired) electrons. The predicted octanol–water partition coefficient (Wildman–Crippen LogP) is 3.48. The van der Waals surface area contributed by atoms with Crippen LogP contribution in [0.1, 0.15) is 25.1 Å². The van der Waals surface area contributed by atoms with E-state index >= 15 is 0 Å². The maximum atomic E-state index is 14.1. The molecular formula is C17H14F2IN7. The number of halogens is 3. The first-order valence-electron chi connectivity index (χ1n) is 8.14. The lowest BCUT2D eigenvalue weighted by atomic mass is 10.1. The van der Waals surface area contributed by atoms with Gasteiger partial charge in [0.25, 0.3) is 0 Å². The zero-order chi connectivity index (χ0) is 19.1. The number of fused-ring (bicyclic) bond motifs is 1. The molecular weight excluding hydrogens is 467 g/mol. The number of nitrogen functional groups attached to an aromatic ring is 1. The second kappa shape index (κ2) is 6.83. The maximum Gasteiger partial charge on any atom is 0.184 e. The van der Waals surface area contributed by atoms with E-state index in [2.05, 4.69) is 42.9 Å². The van der Waals surface area contributed by atoms with Crippen molar-refractivity contribution in [2.24, 2.45) is 0 Å². The van der Waals surface area contributed by atoms with Gasteiger partial charge in [0, 0.05) is 9.77 Å². The van der Waals surface area contributed by atoms with E-state index in [9.17, 15) is 8.78 Å². The number of nitrogens with two attached hydrogens (primary N) is 1. The molecule has 0 aliphatic rings. The van der Waals surface area contributed by atoms with Gasteiger partial charge in [-0.3, -0.25) is 0 Å². The van der Waals surface area contributed by atoms with Crippen LogP contribution in [-0.4, -0.2) is 29.5 Å². The van der Waals surface area contributed by atoms with Crippen LogP contribution in [0.5, 0.6) is 0 Å². The molecule has 3 heterocycles. The molecule has 0 fully saturated rings. The molecule has 27 heavy (non-hydrogen) atoms. The SMILES string of the molecule is CCC(c1cn(-c2cccc(F)c2F)nn1)n1cc(I)c2c(N)ncnc21. The Bertz CT molecular complexity index is 1140. The maximum absolute atomic E-state index is 14.1. The van der Waals surface area contributed by atoms with Crippen LogP contribution in [0.3, 0.4) is 0 Å². The summed E-state index contributed by atoms with van der Waals surface area (Å²) in [6.45, 7) is 2.00. The smallest absolute Gasteiger partial charge is 0.184 e. The summed E-state index contributed by atoms with van der Waals surface area (Å²) >= 11 is 2.18. The van der Waals surface area contributed by atoms with Gasteiger partial charge in [-0.05, 0) is 41.1 Å². The third-order valence-corrected chi connectivity index (χ3v) is 5.16. The Morgan fingerprint density at radius 3 is 2.81 bits per heavy atom. The average molecular weight is 481 g/mol. The van der Waals surface area contributed by atoms with Crippen LogP contribution < -0.4 is 5.73 Å². The summed E-state index contributed by atoms with van der Waals surface area (Å²) in [5, 5.41) is 8.93. The van der Waals surface area contributed by atoms with Gasteiger partial charge in [0.15, 0.2) is 11.6 Å². The Morgan fingerprint density at radius 1 is 1.22 bits per heavy atom. The number of aromatic nitrogens is 6. The van der Waals surface area contributed by atoms with Gasteiger partial charge in [-0.2, -0.15) is 0 Å². The average Bonchev–Trinajstić information content (AvgIpc) is 3.25.